The third kappa shape index (κ3) is 5.57. The van der Waals surface area contributed by atoms with E-state index in [1.54, 1.807) is 46.9 Å². The smallest absolute Gasteiger partial charge is 0.227 e. The van der Waals surface area contributed by atoms with Gasteiger partial charge in [0.2, 0.25) is 5.91 Å². The highest BCUT2D eigenvalue weighted by Gasteiger charge is 2.20. The fraction of sp³-hybridized carbons (Fsp3) is 0.412. The van der Waals surface area contributed by atoms with E-state index in [1.165, 1.54) is 0 Å². The molecular formula is C17H21ClN4O2S. The zero-order valence-corrected chi connectivity index (χ0v) is 15.9. The summed E-state index contributed by atoms with van der Waals surface area (Å²) in [6.07, 6.45) is 6.03. The van der Waals surface area contributed by atoms with Crippen LogP contribution in [-0.4, -0.2) is 44.5 Å². The molecule has 0 fully saturated rings. The summed E-state index contributed by atoms with van der Waals surface area (Å²) in [5, 5.41) is 4.55. The summed E-state index contributed by atoms with van der Waals surface area (Å²) in [4.78, 5) is 29.1. The average Bonchev–Trinajstić information content (AvgIpc) is 2.97. The van der Waals surface area contributed by atoms with Crippen molar-refractivity contribution in [2.24, 2.45) is 0 Å². The number of amides is 1. The summed E-state index contributed by atoms with van der Waals surface area (Å²) in [6.45, 7) is 3.99. The van der Waals surface area contributed by atoms with Gasteiger partial charge in [-0.15, -0.1) is 0 Å². The first-order chi connectivity index (χ1) is 12.0. The molecule has 0 unspecified atom stereocenters. The summed E-state index contributed by atoms with van der Waals surface area (Å²) in [6, 6.07) is 3.68. The number of rotatable bonds is 9. The molecule has 2 rings (SSSR count). The molecule has 2 aromatic heterocycles. The van der Waals surface area contributed by atoms with E-state index in [4.69, 9.17) is 11.6 Å². The van der Waals surface area contributed by atoms with Crippen molar-refractivity contribution < 1.29 is 9.59 Å². The average molecular weight is 381 g/mol. The fourth-order valence-corrected chi connectivity index (χ4v) is 3.43. The van der Waals surface area contributed by atoms with E-state index in [2.05, 4.69) is 10.1 Å². The van der Waals surface area contributed by atoms with Gasteiger partial charge in [0.15, 0.2) is 5.15 Å². The predicted octanol–water partition coefficient (Wildman–Crippen LogP) is 3.38. The minimum Gasteiger partial charge on any atom is -0.308 e. The Morgan fingerprint density at radius 2 is 2.08 bits per heavy atom. The Morgan fingerprint density at radius 3 is 2.72 bits per heavy atom. The number of carbonyl (C=O) groups is 2. The Kier molecular flexibility index (Phi) is 7.46. The van der Waals surface area contributed by atoms with E-state index < -0.39 is 0 Å². The number of hydrogen-bond donors (Lipinski definition) is 0. The van der Waals surface area contributed by atoms with Gasteiger partial charge in [-0.25, -0.2) is 4.68 Å². The van der Waals surface area contributed by atoms with Crippen molar-refractivity contribution in [3.8, 4) is 5.69 Å². The van der Waals surface area contributed by atoms with Crippen LogP contribution in [0.3, 0.4) is 0 Å². The van der Waals surface area contributed by atoms with E-state index in [0.29, 0.717) is 30.8 Å². The summed E-state index contributed by atoms with van der Waals surface area (Å²) in [7, 11) is 0. The second kappa shape index (κ2) is 9.58. The van der Waals surface area contributed by atoms with Crippen molar-refractivity contribution >= 4 is 40.7 Å². The lowest BCUT2D eigenvalue weighted by molar-refractivity contribution is -0.118. The monoisotopic (exact) mass is 380 g/mol. The number of nitrogens with zero attached hydrogens (tertiary/aromatic N) is 4. The van der Waals surface area contributed by atoms with Crippen LogP contribution in [0.15, 0.2) is 30.7 Å². The van der Waals surface area contributed by atoms with Gasteiger partial charge in [-0.05, 0) is 26.0 Å². The lowest BCUT2D eigenvalue weighted by Crippen LogP contribution is -2.30. The van der Waals surface area contributed by atoms with Gasteiger partial charge in [0, 0.05) is 37.1 Å². The summed E-state index contributed by atoms with van der Waals surface area (Å²) in [5.74, 6) is 1.58. The fourth-order valence-electron chi connectivity index (χ4n) is 2.24. The number of hydrogen-bond acceptors (Lipinski definition) is 5. The van der Waals surface area contributed by atoms with E-state index in [9.17, 15) is 9.59 Å². The molecule has 0 atom stereocenters. The van der Waals surface area contributed by atoms with Gasteiger partial charge in [-0.1, -0.05) is 11.6 Å². The number of carbonyl (C=O) groups excluding carboxylic acids is 2. The zero-order chi connectivity index (χ0) is 18.2. The molecule has 2 aromatic rings. The van der Waals surface area contributed by atoms with Gasteiger partial charge < -0.3 is 4.90 Å². The zero-order valence-electron chi connectivity index (χ0n) is 14.3. The first-order valence-electron chi connectivity index (χ1n) is 8.06. The van der Waals surface area contributed by atoms with Crippen LogP contribution in [0.2, 0.25) is 5.15 Å². The molecule has 0 aliphatic heterocycles. The first kappa shape index (κ1) is 19.5. The highest BCUT2D eigenvalue weighted by molar-refractivity contribution is 7.99. The number of thioether (sulfide) groups is 1. The molecule has 0 aliphatic carbocycles. The number of halogens is 1. The number of aromatic nitrogens is 3. The van der Waals surface area contributed by atoms with Crippen LogP contribution in [0.4, 0.5) is 5.69 Å². The van der Waals surface area contributed by atoms with Crippen molar-refractivity contribution in [2.45, 2.75) is 26.7 Å². The molecule has 0 N–H and O–H groups in total. The summed E-state index contributed by atoms with van der Waals surface area (Å²) >= 11 is 7.85. The molecule has 6 nitrogen and oxygen atoms in total. The van der Waals surface area contributed by atoms with Crippen molar-refractivity contribution in [1.29, 1.82) is 0 Å². The molecule has 8 heteroatoms. The number of ketones is 1. The maximum absolute atomic E-state index is 12.5. The molecule has 0 radical (unpaired) electrons. The van der Waals surface area contributed by atoms with E-state index in [-0.39, 0.29) is 16.8 Å². The minimum atomic E-state index is -0.00883. The second-order valence-electron chi connectivity index (χ2n) is 5.41. The van der Waals surface area contributed by atoms with E-state index in [1.807, 2.05) is 19.1 Å². The van der Waals surface area contributed by atoms with Crippen LogP contribution in [0, 0.1) is 0 Å². The number of pyridine rings is 1. The maximum Gasteiger partial charge on any atom is 0.227 e. The molecule has 134 valence electrons. The van der Waals surface area contributed by atoms with Gasteiger partial charge in [0.05, 0.1) is 18.1 Å². The molecule has 0 saturated carbocycles. The van der Waals surface area contributed by atoms with Crippen LogP contribution < -0.4 is 4.90 Å². The standard InChI is InChI=1S/C17H21ClN4O2S/c1-3-21(16(24)7-10-25-9-6-13(2)23)15-12-22(20-17(15)18)14-5-4-8-19-11-14/h4-5,8,11-12H,3,6-7,9-10H2,1-2H3. The number of anilines is 1. The van der Waals surface area contributed by atoms with Gasteiger partial charge in [-0.2, -0.15) is 16.9 Å². The van der Waals surface area contributed by atoms with Crippen molar-refractivity contribution in [3.63, 3.8) is 0 Å². The van der Waals surface area contributed by atoms with E-state index >= 15 is 0 Å². The Bertz CT molecular complexity index is 721. The molecule has 0 bridgehead atoms. The molecular weight excluding hydrogens is 360 g/mol. The highest BCUT2D eigenvalue weighted by Crippen LogP contribution is 2.26. The lowest BCUT2D eigenvalue weighted by atomic mass is 10.3. The number of Topliss-reactive ketones (excluding diaryl/α,β-unsaturated/α-hetero) is 1. The third-order valence-corrected chi connectivity index (χ3v) is 4.78. The van der Waals surface area contributed by atoms with Crippen LogP contribution >= 0.6 is 23.4 Å². The molecule has 0 aliphatic rings. The SMILES string of the molecule is CCN(C(=O)CCSCCC(C)=O)c1cn(-c2cccnc2)nc1Cl. The highest BCUT2D eigenvalue weighted by atomic mass is 35.5. The second-order valence-corrected chi connectivity index (χ2v) is 7.00. The first-order valence-corrected chi connectivity index (χ1v) is 9.59. The molecule has 1 amide bonds. The Morgan fingerprint density at radius 1 is 1.32 bits per heavy atom. The molecule has 2 heterocycles. The van der Waals surface area contributed by atoms with Crippen LogP contribution in [-0.2, 0) is 9.59 Å². The van der Waals surface area contributed by atoms with Crippen LogP contribution in [0.25, 0.3) is 5.69 Å². The normalized spacial score (nSPS) is 10.7. The third-order valence-electron chi connectivity index (χ3n) is 3.53. The van der Waals surface area contributed by atoms with Crippen molar-refractivity contribution in [1.82, 2.24) is 14.8 Å². The summed E-state index contributed by atoms with van der Waals surface area (Å²) < 4.78 is 1.61. The van der Waals surface area contributed by atoms with Gasteiger partial charge in [-0.3, -0.25) is 14.6 Å². The molecule has 0 spiro atoms. The van der Waals surface area contributed by atoms with Crippen molar-refractivity contribution in [2.75, 3.05) is 23.0 Å². The Balaban J connectivity index is 2.01. The molecule has 0 aromatic carbocycles. The van der Waals surface area contributed by atoms with Gasteiger partial charge in [0.1, 0.15) is 11.5 Å². The predicted molar refractivity (Wildman–Crippen MR) is 102 cm³/mol. The van der Waals surface area contributed by atoms with Gasteiger partial charge in [0.25, 0.3) is 0 Å². The van der Waals surface area contributed by atoms with Crippen LogP contribution in [0.1, 0.15) is 26.7 Å². The van der Waals surface area contributed by atoms with Gasteiger partial charge >= 0.3 is 0 Å². The van der Waals surface area contributed by atoms with Crippen LogP contribution in [0.5, 0.6) is 0 Å². The quantitative estimate of drug-likeness (QED) is 0.624. The largest absolute Gasteiger partial charge is 0.308 e. The van der Waals surface area contributed by atoms with E-state index in [0.717, 1.165) is 11.4 Å². The topological polar surface area (TPSA) is 68.1 Å². The van der Waals surface area contributed by atoms with Crippen molar-refractivity contribution in [3.05, 3.63) is 35.9 Å². The molecule has 0 saturated heterocycles. The summed E-state index contributed by atoms with van der Waals surface area (Å²) in [5.41, 5.74) is 1.37. The Labute approximate surface area is 156 Å². The minimum absolute atomic E-state index is 0.00883. The molecule has 25 heavy (non-hydrogen) atoms. The maximum atomic E-state index is 12.5. The Hall–Kier alpha value is -1.86. The lowest BCUT2D eigenvalue weighted by Gasteiger charge is -2.19.